The van der Waals surface area contributed by atoms with Crippen LogP contribution < -0.4 is 5.73 Å². The molecular formula is C16H19ClN2S. The van der Waals surface area contributed by atoms with Gasteiger partial charge in [0, 0.05) is 35.1 Å². The smallest absolute Gasteiger partial charge is 0.0477 e. The van der Waals surface area contributed by atoms with Gasteiger partial charge in [0.25, 0.3) is 0 Å². The van der Waals surface area contributed by atoms with Gasteiger partial charge in [0.05, 0.1) is 0 Å². The second-order valence-electron chi connectivity index (χ2n) is 5.29. The van der Waals surface area contributed by atoms with Gasteiger partial charge < -0.3 is 5.73 Å². The van der Waals surface area contributed by atoms with Crippen molar-refractivity contribution in [2.45, 2.75) is 31.5 Å². The average molecular weight is 307 g/mol. The Morgan fingerprint density at radius 1 is 1.25 bits per heavy atom. The maximum Gasteiger partial charge on any atom is 0.0477 e. The molecule has 1 unspecified atom stereocenters. The second kappa shape index (κ2) is 6.27. The van der Waals surface area contributed by atoms with Crippen LogP contribution in [0.3, 0.4) is 0 Å². The highest BCUT2D eigenvalue weighted by molar-refractivity contribution is 7.09. The lowest BCUT2D eigenvalue weighted by molar-refractivity contribution is 0.183. The molecule has 1 aromatic heterocycles. The molecule has 1 aliphatic carbocycles. The molecule has 0 spiro atoms. The summed E-state index contributed by atoms with van der Waals surface area (Å²) >= 11 is 7.80. The Morgan fingerprint density at radius 3 is 2.55 bits per heavy atom. The lowest BCUT2D eigenvalue weighted by Gasteiger charge is -2.31. The van der Waals surface area contributed by atoms with Crippen LogP contribution in [0, 0.1) is 0 Å². The predicted octanol–water partition coefficient (Wildman–Crippen LogP) is 4.07. The van der Waals surface area contributed by atoms with Crippen molar-refractivity contribution in [2.24, 2.45) is 5.73 Å². The molecular weight excluding hydrogens is 288 g/mol. The van der Waals surface area contributed by atoms with Crippen LogP contribution in [0.1, 0.15) is 29.3 Å². The van der Waals surface area contributed by atoms with Gasteiger partial charge in [-0.3, -0.25) is 4.90 Å². The summed E-state index contributed by atoms with van der Waals surface area (Å²) in [5.74, 6) is 0. The van der Waals surface area contributed by atoms with E-state index < -0.39 is 0 Å². The third kappa shape index (κ3) is 3.23. The van der Waals surface area contributed by atoms with Gasteiger partial charge >= 0.3 is 0 Å². The molecule has 2 nitrogen and oxygen atoms in total. The molecule has 2 N–H and O–H groups in total. The number of nitrogens with zero attached hydrogens (tertiary/aromatic N) is 1. The van der Waals surface area contributed by atoms with Crippen LogP contribution >= 0.6 is 22.9 Å². The molecule has 1 saturated carbocycles. The van der Waals surface area contributed by atoms with Crippen LogP contribution in [-0.4, -0.2) is 17.5 Å². The fourth-order valence-electron chi connectivity index (χ4n) is 2.63. The number of halogens is 1. The van der Waals surface area contributed by atoms with Crippen molar-refractivity contribution >= 4 is 22.9 Å². The lowest BCUT2D eigenvalue weighted by Crippen LogP contribution is -2.34. The first-order valence-electron chi connectivity index (χ1n) is 7.01. The van der Waals surface area contributed by atoms with Crippen molar-refractivity contribution < 1.29 is 0 Å². The maximum absolute atomic E-state index is 6.07. The van der Waals surface area contributed by atoms with Gasteiger partial charge in [-0.1, -0.05) is 29.8 Å². The van der Waals surface area contributed by atoms with Crippen LogP contribution in [0.5, 0.6) is 0 Å². The zero-order valence-corrected chi connectivity index (χ0v) is 12.9. The minimum atomic E-state index is 0.280. The monoisotopic (exact) mass is 306 g/mol. The number of rotatable bonds is 6. The van der Waals surface area contributed by atoms with Crippen LogP contribution in [0.25, 0.3) is 0 Å². The summed E-state index contributed by atoms with van der Waals surface area (Å²) in [4.78, 5) is 3.96. The number of nitrogens with two attached hydrogens (primary N) is 1. The third-order valence-electron chi connectivity index (χ3n) is 3.81. The first-order chi connectivity index (χ1) is 9.78. The Kier molecular flexibility index (Phi) is 4.41. The zero-order valence-electron chi connectivity index (χ0n) is 11.3. The van der Waals surface area contributed by atoms with E-state index in [0.717, 1.165) is 11.6 Å². The zero-order chi connectivity index (χ0) is 13.9. The SMILES string of the molecule is NCC(c1ccc(Cl)cc1)N(Cc1cccs1)C1CC1. The fraction of sp³-hybridized carbons (Fsp3) is 0.375. The number of benzene rings is 1. The summed E-state index contributed by atoms with van der Waals surface area (Å²) in [6.07, 6.45) is 2.57. The van der Waals surface area contributed by atoms with E-state index >= 15 is 0 Å². The van der Waals surface area contributed by atoms with Gasteiger partial charge in [-0.2, -0.15) is 0 Å². The molecule has 1 aliphatic rings. The quantitative estimate of drug-likeness (QED) is 0.872. The first-order valence-corrected chi connectivity index (χ1v) is 8.27. The van der Waals surface area contributed by atoms with Crippen molar-refractivity contribution in [3.05, 3.63) is 57.2 Å². The van der Waals surface area contributed by atoms with Gasteiger partial charge in [-0.05, 0) is 42.0 Å². The topological polar surface area (TPSA) is 29.3 Å². The Morgan fingerprint density at radius 2 is 2.00 bits per heavy atom. The Balaban J connectivity index is 1.82. The minimum absolute atomic E-state index is 0.280. The Hall–Kier alpha value is -0.870. The number of thiophene rings is 1. The highest BCUT2D eigenvalue weighted by Gasteiger charge is 2.34. The fourth-order valence-corrected chi connectivity index (χ4v) is 3.47. The van der Waals surface area contributed by atoms with E-state index in [9.17, 15) is 0 Å². The average Bonchev–Trinajstić information content (AvgIpc) is 3.18. The minimum Gasteiger partial charge on any atom is -0.329 e. The Bertz CT molecular complexity index is 534. The van der Waals surface area contributed by atoms with Gasteiger partial charge in [-0.15, -0.1) is 11.3 Å². The summed E-state index contributed by atoms with van der Waals surface area (Å²) < 4.78 is 0. The normalized spacial score (nSPS) is 16.6. The lowest BCUT2D eigenvalue weighted by atomic mass is 10.0. The molecule has 3 rings (SSSR count). The highest BCUT2D eigenvalue weighted by Crippen LogP contribution is 2.36. The Labute approximate surface area is 129 Å². The molecule has 0 saturated heterocycles. The van der Waals surface area contributed by atoms with Crippen molar-refractivity contribution in [2.75, 3.05) is 6.54 Å². The van der Waals surface area contributed by atoms with E-state index in [1.54, 1.807) is 0 Å². The summed E-state index contributed by atoms with van der Waals surface area (Å²) in [6, 6.07) is 13.4. The molecule has 20 heavy (non-hydrogen) atoms. The van der Waals surface area contributed by atoms with Crippen LogP contribution in [0.15, 0.2) is 41.8 Å². The second-order valence-corrected chi connectivity index (χ2v) is 6.75. The van der Waals surface area contributed by atoms with E-state index in [0.29, 0.717) is 12.6 Å². The molecule has 0 amide bonds. The summed E-state index contributed by atoms with van der Waals surface area (Å²) in [6.45, 7) is 1.64. The number of hydrogen-bond donors (Lipinski definition) is 1. The van der Waals surface area contributed by atoms with Crippen molar-refractivity contribution in [3.8, 4) is 0 Å². The maximum atomic E-state index is 6.07. The largest absolute Gasteiger partial charge is 0.329 e. The number of hydrogen-bond acceptors (Lipinski definition) is 3. The molecule has 4 heteroatoms. The van der Waals surface area contributed by atoms with Crippen molar-refractivity contribution in [3.63, 3.8) is 0 Å². The first kappa shape index (κ1) is 14.1. The van der Waals surface area contributed by atoms with Crippen LogP contribution in [0.4, 0.5) is 0 Å². The van der Waals surface area contributed by atoms with E-state index in [4.69, 9.17) is 17.3 Å². The van der Waals surface area contributed by atoms with Crippen molar-refractivity contribution in [1.82, 2.24) is 4.90 Å². The summed E-state index contributed by atoms with van der Waals surface area (Å²) in [5, 5.41) is 2.92. The van der Waals surface area contributed by atoms with E-state index in [1.165, 1.54) is 23.3 Å². The molecule has 0 aliphatic heterocycles. The predicted molar refractivity (Wildman–Crippen MR) is 86.1 cm³/mol. The van der Waals surface area contributed by atoms with Gasteiger partial charge in [0.2, 0.25) is 0 Å². The molecule has 1 aromatic carbocycles. The van der Waals surface area contributed by atoms with E-state index in [2.05, 4.69) is 34.5 Å². The van der Waals surface area contributed by atoms with Gasteiger partial charge in [0.15, 0.2) is 0 Å². The molecule has 1 heterocycles. The summed E-state index contributed by atoms with van der Waals surface area (Å²) in [5.41, 5.74) is 7.33. The molecule has 0 radical (unpaired) electrons. The van der Waals surface area contributed by atoms with Crippen LogP contribution in [0.2, 0.25) is 5.02 Å². The van der Waals surface area contributed by atoms with Gasteiger partial charge in [0.1, 0.15) is 0 Å². The standard InChI is InChI=1S/C16H19ClN2S/c17-13-5-3-12(4-6-13)16(10-18)19(14-7-8-14)11-15-2-1-9-20-15/h1-6,9,14,16H,7-8,10-11,18H2. The van der Waals surface area contributed by atoms with E-state index in [1.807, 2.05) is 23.5 Å². The molecule has 0 bridgehead atoms. The third-order valence-corrected chi connectivity index (χ3v) is 4.93. The van der Waals surface area contributed by atoms with Gasteiger partial charge in [-0.25, -0.2) is 0 Å². The molecule has 2 aromatic rings. The molecule has 1 fully saturated rings. The van der Waals surface area contributed by atoms with Crippen molar-refractivity contribution in [1.29, 1.82) is 0 Å². The molecule has 1 atom stereocenters. The van der Waals surface area contributed by atoms with Crippen LogP contribution in [-0.2, 0) is 6.54 Å². The van der Waals surface area contributed by atoms with E-state index in [-0.39, 0.29) is 6.04 Å². The highest BCUT2D eigenvalue weighted by atomic mass is 35.5. The summed E-state index contributed by atoms with van der Waals surface area (Å²) in [7, 11) is 0. The molecule has 106 valence electrons.